The molecule has 0 radical (unpaired) electrons. The van der Waals surface area contributed by atoms with Crippen molar-refractivity contribution in [3.05, 3.63) is 91.8 Å². The number of ether oxygens (including phenoxy) is 2. The second-order valence-corrected chi connectivity index (χ2v) is 10.1. The molecule has 0 saturated carbocycles. The first kappa shape index (κ1) is 26.4. The zero-order valence-corrected chi connectivity index (χ0v) is 22.7. The van der Waals surface area contributed by atoms with Crippen molar-refractivity contribution < 1.29 is 14.3 Å². The largest absolute Gasteiger partial charge is 0.493 e. The summed E-state index contributed by atoms with van der Waals surface area (Å²) in [6.45, 7) is 2.92. The van der Waals surface area contributed by atoms with Crippen molar-refractivity contribution in [2.75, 3.05) is 13.7 Å². The van der Waals surface area contributed by atoms with Gasteiger partial charge in [-0.15, -0.1) is 0 Å². The fourth-order valence-corrected chi connectivity index (χ4v) is 4.94. The van der Waals surface area contributed by atoms with E-state index in [1.165, 1.54) is 11.8 Å². The lowest BCUT2D eigenvalue weighted by atomic mass is 10.1. The van der Waals surface area contributed by atoms with Crippen LogP contribution in [0, 0.1) is 0 Å². The van der Waals surface area contributed by atoms with E-state index in [1.54, 1.807) is 36.3 Å². The number of amidine groups is 1. The van der Waals surface area contributed by atoms with Gasteiger partial charge in [-0.2, -0.15) is 0 Å². The molecule has 0 bridgehead atoms. The van der Waals surface area contributed by atoms with Gasteiger partial charge in [-0.05, 0) is 83.9 Å². The van der Waals surface area contributed by atoms with Crippen LogP contribution in [0.1, 0.15) is 24.5 Å². The van der Waals surface area contributed by atoms with E-state index >= 15 is 0 Å². The van der Waals surface area contributed by atoms with E-state index in [4.69, 9.17) is 44.3 Å². The monoisotopic (exact) mass is 560 g/mol. The van der Waals surface area contributed by atoms with Crippen LogP contribution in [0.15, 0.2) is 70.6 Å². The molecule has 0 aliphatic carbocycles. The molecule has 4 rings (SSSR count). The van der Waals surface area contributed by atoms with Crippen molar-refractivity contribution in [2.24, 2.45) is 4.99 Å². The molecule has 0 aromatic heterocycles. The quantitative estimate of drug-likeness (QED) is 0.260. The molecule has 1 aliphatic heterocycles. The molecule has 1 heterocycles. The van der Waals surface area contributed by atoms with E-state index in [1.807, 2.05) is 49.4 Å². The maximum Gasteiger partial charge on any atom is 0.266 e. The summed E-state index contributed by atoms with van der Waals surface area (Å²) in [7, 11) is 1.58. The highest BCUT2D eigenvalue weighted by molar-refractivity contribution is 8.18. The molecule has 3 aromatic rings. The van der Waals surface area contributed by atoms with Gasteiger partial charge in [-0.1, -0.05) is 53.9 Å². The van der Waals surface area contributed by atoms with E-state index in [0.29, 0.717) is 49.8 Å². The number of rotatable bonds is 8. The summed E-state index contributed by atoms with van der Waals surface area (Å²) in [5, 5.41) is 2.25. The first-order chi connectivity index (χ1) is 17.4. The van der Waals surface area contributed by atoms with Gasteiger partial charge >= 0.3 is 0 Å². The van der Waals surface area contributed by atoms with Gasteiger partial charge in [0.1, 0.15) is 6.61 Å². The van der Waals surface area contributed by atoms with Gasteiger partial charge in [-0.25, -0.2) is 4.99 Å². The Bertz CT molecular complexity index is 1330. The van der Waals surface area contributed by atoms with Crippen LogP contribution in [0.2, 0.25) is 15.1 Å². The second-order valence-electron chi connectivity index (χ2n) is 7.89. The van der Waals surface area contributed by atoms with Crippen molar-refractivity contribution in [2.45, 2.75) is 20.0 Å². The molecule has 0 spiro atoms. The Hall–Kier alpha value is -2.64. The number of hydrogen-bond acceptors (Lipinski definition) is 5. The molecule has 3 aromatic carbocycles. The molecule has 1 amide bonds. The number of aliphatic imine (C=N–C) groups is 1. The van der Waals surface area contributed by atoms with Gasteiger partial charge in [0.2, 0.25) is 0 Å². The number of hydrogen-bond donors (Lipinski definition) is 0. The lowest BCUT2D eigenvalue weighted by Crippen LogP contribution is -2.29. The minimum absolute atomic E-state index is 0.0755. The fourth-order valence-electron chi connectivity index (χ4n) is 3.47. The van der Waals surface area contributed by atoms with Crippen LogP contribution in [-0.4, -0.2) is 29.6 Å². The van der Waals surface area contributed by atoms with Crippen LogP contribution in [-0.2, 0) is 11.4 Å². The van der Waals surface area contributed by atoms with Crippen molar-refractivity contribution in [3.8, 4) is 11.5 Å². The molecule has 1 fully saturated rings. The molecule has 0 unspecified atom stereocenters. The zero-order chi connectivity index (χ0) is 25.7. The summed E-state index contributed by atoms with van der Waals surface area (Å²) in [6.07, 6.45) is 2.66. The average Bonchev–Trinajstić information content (AvgIpc) is 3.15. The molecular weight excluding hydrogens is 539 g/mol. The Labute approximate surface area is 229 Å². The molecule has 0 atom stereocenters. The lowest BCUT2D eigenvalue weighted by Gasteiger charge is -2.14. The number of nitrogens with zero attached hydrogens (tertiary/aromatic N) is 2. The second kappa shape index (κ2) is 12.1. The first-order valence-electron chi connectivity index (χ1n) is 11.2. The highest BCUT2D eigenvalue weighted by Crippen LogP contribution is 2.36. The Balaban J connectivity index is 1.54. The predicted octanol–water partition coefficient (Wildman–Crippen LogP) is 8.25. The standard InChI is InChI=1S/C27H23Cl3N2O3S/c1-3-12-32-26(33)25(36-27(32)31-20-8-6-19(28)7-9-20)15-17-5-11-23(24(14-17)34-2)35-16-18-4-10-21(29)22(30)13-18/h4-11,13-15H,3,12,16H2,1-2H3/b25-15-,31-27?. The molecule has 36 heavy (non-hydrogen) atoms. The predicted molar refractivity (Wildman–Crippen MR) is 150 cm³/mol. The number of carbonyl (C=O) groups excluding carboxylic acids is 1. The van der Waals surface area contributed by atoms with Crippen LogP contribution < -0.4 is 9.47 Å². The average molecular weight is 562 g/mol. The summed E-state index contributed by atoms with van der Waals surface area (Å²) in [5.41, 5.74) is 2.44. The lowest BCUT2D eigenvalue weighted by molar-refractivity contribution is -0.122. The topological polar surface area (TPSA) is 51.1 Å². The van der Waals surface area contributed by atoms with Crippen LogP contribution in [0.25, 0.3) is 6.08 Å². The Kier molecular flexibility index (Phi) is 8.86. The summed E-state index contributed by atoms with van der Waals surface area (Å²) in [4.78, 5) is 20.1. The van der Waals surface area contributed by atoms with Gasteiger partial charge in [0, 0.05) is 11.6 Å². The van der Waals surface area contributed by atoms with Gasteiger partial charge in [0.25, 0.3) is 5.91 Å². The number of benzene rings is 3. The fraction of sp³-hybridized carbons (Fsp3) is 0.185. The highest BCUT2D eigenvalue weighted by Gasteiger charge is 2.32. The molecule has 5 nitrogen and oxygen atoms in total. The van der Waals surface area contributed by atoms with Gasteiger partial charge in [0.05, 0.1) is 27.7 Å². The highest BCUT2D eigenvalue weighted by atomic mass is 35.5. The van der Waals surface area contributed by atoms with Gasteiger partial charge in [-0.3, -0.25) is 9.69 Å². The third kappa shape index (κ3) is 6.37. The summed E-state index contributed by atoms with van der Waals surface area (Å²) >= 11 is 19.4. The van der Waals surface area contributed by atoms with Crippen molar-refractivity contribution in [1.82, 2.24) is 4.90 Å². The molecule has 1 saturated heterocycles. The maximum atomic E-state index is 13.1. The molecule has 1 aliphatic rings. The Morgan fingerprint density at radius 1 is 0.972 bits per heavy atom. The number of methoxy groups -OCH3 is 1. The Morgan fingerprint density at radius 3 is 2.44 bits per heavy atom. The summed E-state index contributed by atoms with van der Waals surface area (Å²) < 4.78 is 11.5. The normalized spacial score (nSPS) is 15.7. The smallest absolute Gasteiger partial charge is 0.266 e. The number of amides is 1. The van der Waals surface area contributed by atoms with Gasteiger partial charge in [0.15, 0.2) is 16.7 Å². The third-order valence-corrected chi connectivity index (χ3v) is 7.25. The van der Waals surface area contributed by atoms with Crippen LogP contribution >= 0.6 is 46.6 Å². The molecule has 186 valence electrons. The SMILES string of the molecule is CCCN1C(=O)/C(=C/c2ccc(OCc3ccc(Cl)c(Cl)c3)c(OC)c2)SC1=Nc1ccc(Cl)cc1. The van der Waals surface area contributed by atoms with Crippen LogP contribution in [0.5, 0.6) is 11.5 Å². The minimum atomic E-state index is -0.0755. The van der Waals surface area contributed by atoms with Crippen LogP contribution in [0.4, 0.5) is 5.69 Å². The third-order valence-electron chi connectivity index (χ3n) is 5.25. The van der Waals surface area contributed by atoms with Crippen molar-refractivity contribution in [3.63, 3.8) is 0 Å². The number of halogens is 3. The summed E-state index contributed by atoms with van der Waals surface area (Å²) in [6, 6.07) is 18.1. The van der Waals surface area contributed by atoms with E-state index < -0.39 is 0 Å². The van der Waals surface area contributed by atoms with Gasteiger partial charge < -0.3 is 9.47 Å². The minimum Gasteiger partial charge on any atom is -0.493 e. The maximum absolute atomic E-state index is 13.1. The van der Waals surface area contributed by atoms with E-state index in [0.717, 1.165) is 23.2 Å². The molecular formula is C27H23Cl3N2O3S. The number of carbonyl (C=O) groups is 1. The molecule has 0 N–H and O–H groups in total. The van der Waals surface area contributed by atoms with Crippen molar-refractivity contribution in [1.29, 1.82) is 0 Å². The zero-order valence-electron chi connectivity index (χ0n) is 19.6. The van der Waals surface area contributed by atoms with Crippen molar-refractivity contribution >= 4 is 69.4 Å². The van der Waals surface area contributed by atoms with E-state index in [2.05, 4.69) is 4.99 Å². The summed E-state index contributed by atoms with van der Waals surface area (Å²) in [5.74, 6) is 1.06. The molecule has 9 heteroatoms. The Morgan fingerprint density at radius 2 is 1.75 bits per heavy atom. The van der Waals surface area contributed by atoms with E-state index in [-0.39, 0.29) is 5.91 Å². The first-order valence-corrected chi connectivity index (χ1v) is 13.1. The number of thioether (sulfide) groups is 1. The van der Waals surface area contributed by atoms with Crippen LogP contribution in [0.3, 0.4) is 0 Å². The van der Waals surface area contributed by atoms with E-state index in [9.17, 15) is 4.79 Å².